The topological polar surface area (TPSA) is 33.7 Å². The van der Waals surface area contributed by atoms with Gasteiger partial charge in [-0.15, -0.1) is 0 Å². The molecule has 1 N–H and O–H groups in total. The van der Waals surface area contributed by atoms with Crippen molar-refractivity contribution in [2.24, 2.45) is 0 Å². The molecular weight excluding hydrogens is 264 g/mol. The number of methoxy groups -OCH3 is 2. The Balaban J connectivity index is 2.21. The summed E-state index contributed by atoms with van der Waals surface area (Å²) in [4.78, 5) is 2.51. The van der Waals surface area contributed by atoms with Crippen LogP contribution < -0.4 is 14.8 Å². The molecule has 0 radical (unpaired) electrons. The first-order valence-electron chi connectivity index (χ1n) is 7.84. The van der Waals surface area contributed by atoms with Crippen molar-refractivity contribution in [1.82, 2.24) is 10.2 Å². The van der Waals surface area contributed by atoms with Crippen LogP contribution in [0.25, 0.3) is 0 Å². The number of ether oxygens (including phenoxy) is 2. The molecule has 1 heterocycles. The van der Waals surface area contributed by atoms with E-state index in [1.165, 1.54) is 11.1 Å². The van der Waals surface area contributed by atoms with Crippen LogP contribution in [0.2, 0.25) is 0 Å². The van der Waals surface area contributed by atoms with E-state index in [1.54, 1.807) is 14.2 Å². The van der Waals surface area contributed by atoms with Gasteiger partial charge in [0.15, 0.2) is 11.5 Å². The molecule has 1 aliphatic heterocycles. The first-order valence-corrected chi connectivity index (χ1v) is 7.84. The zero-order chi connectivity index (χ0) is 15.2. The first-order chi connectivity index (χ1) is 10.2. The number of benzene rings is 1. The molecular formula is C17H28N2O2. The maximum Gasteiger partial charge on any atom is 0.164 e. The van der Waals surface area contributed by atoms with Crippen LogP contribution in [0.3, 0.4) is 0 Å². The zero-order valence-electron chi connectivity index (χ0n) is 13.7. The number of nitrogens with one attached hydrogen (secondary N) is 1. The van der Waals surface area contributed by atoms with Crippen LogP contribution in [0.15, 0.2) is 12.1 Å². The number of piperazine rings is 1. The van der Waals surface area contributed by atoms with Crippen LogP contribution in [-0.2, 0) is 6.42 Å². The number of hydrogen-bond donors (Lipinski definition) is 1. The molecule has 4 heteroatoms. The van der Waals surface area contributed by atoms with Gasteiger partial charge in [-0.1, -0.05) is 19.9 Å². The van der Waals surface area contributed by atoms with Crippen molar-refractivity contribution in [3.8, 4) is 11.5 Å². The lowest BCUT2D eigenvalue weighted by molar-refractivity contribution is 0.242. The van der Waals surface area contributed by atoms with E-state index in [0.717, 1.165) is 50.6 Å². The predicted molar refractivity (Wildman–Crippen MR) is 86.6 cm³/mol. The van der Waals surface area contributed by atoms with Crippen molar-refractivity contribution in [2.45, 2.75) is 26.2 Å². The summed E-state index contributed by atoms with van der Waals surface area (Å²) in [5, 5.41) is 3.40. The second-order valence-corrected chi connectivity index (χ2v) is 5.87. The highest BCUT2D eigenvalue weighted by atomic mass is 16.5. The van der Waals surface area contributed by atoms with Crippen molar-refractivity contribution in [1.29, 1.82) is 0 Å². The molecule has 0 bridgehead atoms. The Hall–Kier alpha value is -1.26. The third-order valence-corrected chi connectivity index (χ3v) is 4.19. The van der Waals surface area contributed by atoms with E-state index < -0.39 is 0 Å². The fourth-order valence-electron chi connectivity index (χ4n) is 3.01. The smallest absolute Gasteiger partial charge is 0.164 e. The second-order valence-electron chi connectivity index (χ2n) is 5.87. The Morgan fingerprint density at radius 2 is 1.86 bits per heavy atom. The largest absolute Gasteiger partial charge is 0.493 e. The normalized spacial score (nSPS) is 16.2. The summed E-state index contributed by atoms with van der Waals surface area (Å²) in [5.74, 6) is 2.22. The average molecular weight is 292 g/mol. The van der Waals surface area contributed by atoms with Gasteiger partial charge in [-0.25, -0.2) is 0 Å². The van der Waals surface area contributed by atoms with Gasteiger partial charge < -0.3 is 19.7 Å². The van der Waals surface area contributed by atoms with Gasteiger partial charge in [0.25, 0.3) is 0 Å². The Bertz CT molecular complexity index is 454. The molecule has 1 saturated heterocycles. The third-order valence-electron chi connectivity index (χ3n) is 4.19. The summed E-state index contributed by atoms with van der Waals surface area (Å²) in [5.41, 5.74) is 2.66. The van der Waals surface area contributed by atoms with Crippen molar-refractivity contribution < 1.29 is 9.47 Å². The van der Waals surface area contributed by atoms with E-state index in [4.69, 9.17) is 9.47 Å². The molecule has 118 valence electrons. The lowest BCUT2D eigenvalue weighted by Crippen LogP contribution is -2.44. The lowest BCUT2D eigenvalue weighted by atomic mass is 9.94. The minimum atomic E-state index is 0.489. The second kappa shape index (κ2) is 7.66. The highest BCUT2D eigenvalue weighted by Crippen LogP contribution is 2.36. The van der Waals surface area contributed by atoms with Gasteiger partial charge in [0.1, 0.15) is 0 Å². The molecule has 0 spiro atoms. The summed E-state index contributed by atoms with van der Waals surface area (Å²) in [6.45, 7) is 9.97. The van der Waals surface area contributed by atoms with Crippen LogP contribution in [0, 0.1) is 0 Å². The molecule has 0 aromatic heterocycles. The van der Waals surface area contributed by atoms with Crippen LogP contribution in [0.1, 0.15) is 30.9 Å². The van der Waals surface area contributed by atoms with Crippen LogP contribution in [0.4, 0.5) is 0 Å². The van der Waals surface area contributed by atoms with Gasteiger partial charge in [0, 0.05) is 38.3 Å². The number of hydrogen-bond acceptors (Lipinski definition) is 4. The van der Waals surface area contributed by atoms with Gasteiger partial charge in [0.05, 0.1) is 14.2 Å². The van der Waals surface area contributed by atoms with Gasteiger partial charge in [0.2, 0.25) is 0 Å². The van der Waals surface area contributed by atoms with Gasteiger partial charge >= 0.3 is 0 Å². The fraction of sp³-hybridized carbons (Fsp3) is 0.647. The summed E-state index contributed by atoms with van der Waals surface area (Å²) >= 11 is 0. The van der Waals surface area contributed by atoms with E-state index >= 15 is 0 Å². The lowest BCUT2D eigenvalue weighted by Gasteiger charge is -2.28. The van der Waals surface area contributed by atoms with Crippen molar-refractivity contribution in [2.75, 3.05) is 46.9 Å². The third kappa shape index (κ3) is 3.89. The minimum Gasteiger partial charge on any atom is -0.493 e. The highest BCUT2D eigenvalue weighted by molar-refractivity contribution is 5.52. The Kier molecular flexibility index (Phi) is 5.88. The number of rotatable bonds is 6. The number of nitrogens with zero attached hydrogens (tertiary/aromatic N) is 1. The molecule has 1 aliphatic rings. The molecule has 0 aliphatic carbocycles. The van der Waals surface area contributed by atoms with Crippen molar-refractivity contribution >= 4 is 0 Å². The van der Waals surface area contributed by atoms with Gasteiger partial charge in [-0.2, -0.15) is 0 Å². The molecule has 1 fully saturated rings. The van der Waals surface area contributed by atoms with Crippen LogP contribution >= 0.6 is 0 Å². The van der Waals surface area contributed by atoms with E-state index in [-0.39, 0.29) is 0 Å². The highest BCUT2D eigenvalue weighted by Gasteiger charge is 2.18. The molecule has 1 aromatic carbocycles. The Morgan fingerprint density at radius 1 is 1.14 bits per heavy atom. The van der Waals surface area contributed by atoms with Gasteiger partial charge in [-0.3, -0.25) is 0 Å². The maximum atomic E-state index is 5.64. The molecule has 1 aromatic rings. The fourth-order valence-corrected chi connectivity index (χ4v) is 3.01. The van der Waals surface area contributed by atoms with Crippen molar-refractivity contribution in [3.63, 3.8) is 0 Å². The summed E-state index contributed by atoms with van der Waals surface area (Å²) in [6.07, 6.45) is 1.01. The standard InChI is InChI=1S/C17H28N2O2/c1-13(2)14-5-6-16(20-3)17(21-4)15(14)7-10-19-11-8-18-9-12-19/h5-6,13,18H,7-12H2,1-4H3. The minimum absolute atomic E-state index is 0.489. The quantitative estimate of drug-likeness (QED) is 0.872. The molecule has 2 rings (SSSR count). The van der Waals surface area contributed by atoms with Crippen LogP contribution in [-0.4, -0.2) is 51.8 Å². The predicted octanol–water partition coefficient (Wildman–Crippen LogP) is 2.27. The van der Waals surface area contributed by atoms with E-state index in [9.17, 15) is 0 Å². The molecule has 21 heavy (non-hydrogen) atoms. The van der Waals surface area contributed by atoms with E-state index in [0.29, 0.717) is 5.92 Å². The summed E-state index contributed by atoms with van der Waals surface area (Å²) in [6, 6.07) is 4.20. The Morgan fingerprint density at radius 3 is 2.43 bits per heavy atom. The molecule has 0 atom stereocenters. The monoisotopic (exact) mass is 292 g/mol. The first kappa shape index (κ1) is 16.1. The molecule has 0 unspecified atom stereocenters. The van der Waals surface area contributed by atoms with E-state index in [1.807, 2.05) is 6.07 Å². The summed E-state index contributed by atoms with van der Waals surface area (Å²) < 4.78 is 11.1. The summed E-state index contributed by atoms with van der Waals surface area (Å²) in [7, 11) is 3.43. The zero-order valence-corrected chi connectivity index (χ0v) is 13.7. The molecule has 0 saturated carbocycles. The van der Waals surface area contributed by atoms with Crippen molar-refractivity contribution in [3.05, 3.63) is 23.3 Å². The average Bonchev–Trinajstić information content (AvgIpc) is 2.52. The molecule has 0 amide bonds. The SMILES string of the molecule is COc1ccc(C(C)C)c(CCN2CCNCC2)c1OC. The molecule has 4 nitrogen and oxygen atoms in total. The van der Waals surface area contributed by atoms with Gasteiger partial charge in [-0.05, 0) is 24.0 Å². The van der Waals surface area contributed by atoms with E-state index in [2.05, 4.69) is 30.1 Å². The Labute approximate surface area is 128 Å². The van der Waals surface area contributed by atoms with Crippen LogP contribution in [0.5, 0.6) is 11.5 Å². The maximum absolute atomic E-state index is 5.64.